The third-order valence-electron chi connectivity index (χ3n) is 6.35. The Kier molecular flexibility index (Phi) is 3.33. The topological polar surface area (TPSA) is 61.2 Å². The standard InChI is InChI=1S/C23H17ClN2O3S/c1-22-16-12-13-25-21(24)19(16)23(2,29-22)20-18(22)15-10-6-7-11-17(15)26(20)30(27,28)14-8-4-3-5-9-14/h3-13H,1-2H3. The Hall–Kier alpha value is -2.67. The number of fused-ring (bicyclic) bond motifs is 10. The van der Waals surface area contributed by atoms with Crippen molar-refractivity contribution in [3.8, 4) is 0 Å². The number of rotatable bonds is 2. The Balaban J connectivity index is 1.80. The average molecular weight is 437 g/mol. The van der Waals surface area contributed by atoms with Crippen molar-refractivity contribution in [3.05, 3.63) is 94.4 Å². The number of para-hydroxylation sites is 1. The minimum atomic E-state index is -3.88. The van der Waals surface area contributed by atoms with Crippen LogP contribution < -0.4 is 0 Å². The summed E-state index contributed by atoms with van der Waals surface area (Å²) in [6.45, 7) is 3.86. The number of aromatic nitrogens is 2. The lowest BCUT2D eigenvalue weighted by atomic mass is 9.77. The van der Waals surface area contributed by atoms with Gasteiger partial charge in [-0.15, -0.1) is 0 Å². The molecule has 4 aromatic rings. The van der Waals surface area contributed by atoms with Gasteiger partial charge < -0.3 is 4.74 Å². The SMILES string of the molecule is CC12OC(C)(c3c1ccnc3Cl)c1c2c2ccccc2n1S(=O)(=O)c1ccccc1. The normalized spacial score (nSPS) is 24.2. The van der Waals surface area contributed by atoms with E-state index in [0.29, 0.717) is 16.4 Å². The highest BCUT2D eigenvalue weighted by atomic mass is 35.5. The molecule has 0 saturated heterocycles. The molecule has 0 saturated carbocycles. The van der Waals surface area contributed by atoms with Crippen LogP contribution in [0.2, 0.25) is 5.15 Å². The van der Waals surface area contributed by atoms with Crippen molar-refractivity contribution >= 4 is 32.5 Å². The molecular formula is C23H17ClN2O3S. The van der Waals surface area contributed by atoms with E-state index >= 15 is 0 Å². The zero-order valence-electron chi connectivity index (χ0n) is 16.3. The van der Waals surface area contributed by atoms with E-state index in [1.54, 1.807) is 36.5 Å². The zero-order chi connectivity index (χ0) is 20.9. The van der Waals surface area contributed by atoms with E-state index in [9.17, 15) is 8.42 Å². The van der Waals surface area contributed by atoms with E-state index in [1.165, 1.54) is 3.97 Å². The molecule has 150 valence electrons. The third kappa shape index (κ3) is 1.92. The first-order valence-electron chi connectivity index (χ1n) is 9.61. The van der Waals surface area contributed by atoms with Gasteiger partial charge in [-0.05, 0) is 43.7 Å². The molecule has 2 aliphatic heterocycles. The van der Waals surface area contributed by atoms with Gasteiger partial charge in [0.25, 0.3) is 10.0 Å². The number of pyridine rings is 1. The van der Waals surface area contributed by atoms with Gasteiger partial charge in [0.2, 0.25) is 0 Å². The number of halogens is 1. The number of benzene rings is 2. The summed E-state index contributed by atoms with van der Waals surface area (Å²) < 4.78 is 35.7. The van der Waals surface area contributed by atoms with Gasteiger partial charge in [0, 0.05) is 22.7 Å². The molecule has 2 aromatic carbocycles. The second kappa shape index (κ2) is 5.52. The summed E-state index contributed by atoms with van der Waals surface area (Å²) in [5.41, 5.74) is 1.90. The van der Waals surface area contributed by atoms with Crippen LogP contribution in [0, 0.1) is 0 Å². The van der Waals surface area contributed by atoms with Gasteiger partial charge in [-0.25, -0.2) is 17.4 Å². The molecule has 0 radical (unpaired) electrons. The molecule has 4 heterocycles. The fourth-order valence-corrected chi connectivity index (χ4v) is 7.20. The molecule has 0 spiro atoms. The maximum atomic E-state index is 13.8. The second-order valence-corrected chi connectivity index (χ2v) is 10.2. The van der Waals surface area contributed by atoms with E-state index in [1.807, 2.05) is 44.2 Å². The Labute approximate surface area is 178 Å². The van der Waals surface area contributed by atoms with Crippen LogP contribution in [0.5, 0.6) is 0 Å². The predicted octanol–water partition coefficient (Wildman–Crippen LogP) is 4.80. The summed E-state index contributed by atoms with van der Waals surface area (Å²) in [5, 5.41) is 1.19. The van der Waals surface area contributed by atoms with Crippen LogP contribution in [0.15, 0.2) is 71.8 Å². The van der Waals surface area contributed by atoms with Crippen molar-refractivity contribution < 1.29 is 13.2 Å². The monoisotopic (exact) mass is 436 g/mol. The first-order valence-corrected chi connectivity index (χ1v) is 11.4. The highest BCUT2D eigenvalue weighted by Gasteiger charge is 2.63. The van der Waals surface area contributed by atoms with Crippen molar-refractivity contribution in [2.75, 3.05) is 0 Å². The van der Waals surface area contributed by atoms with E-state index in [-0.39, 0.29) is 4.90 Å². The Morgan fingerprint density at radius 3 is 2.40 bits per heavy atom. The molecule has 2 aliphatic rings. The van der Waals surface area contributed by atoms with E-state index < -0.39 is 21.2 Å². The fourth-order valence-electron chi connectivity index (χ4n) is 5.23. The number of hydrogen-bond acceptors (Lipinski definition) is 4. The molecule has 7 heteroatoms. The Morgan fingerprint density at radius 2 is 1.63 bits per heavy atom. The van der Waals surface area contributed by atoms with Crippen LogP contribution in [0.25, 0.3) is 10.9 Å². The van der Waals surface area contributed by atoms with Gasteiger partial charge >= 0.3 is 0 Å². The smallest absolute Gasteiger partial charge is 0.268 e. The van der Waals surface area contributed by atoms with Crippen molar-refractivity contribution in [2.24, 2.45) is 0 Å². The van der Waals surface area contributed by atoms with Crippen LogP contribution in [-0.4, -0.2) is 17.4 Å². The first kappa shape index (κ1) is 18.1. The molecule has 2 unspecified atom stereocenters. The van der Waals surface area contributed by atoms with Gasteiger partial charge in [-0.1, -0.05) is 48.0 Å². The molecule has 0 fully saturated rings. The largest absolute Gasteiger partial charge is 0.348 e. The summed E-state index contributed by atoms with van der Waals surface area (Å²) in [6.07, 6.45) is 1.67. The van der Waals surface area contributed by atoms with Crippen LogP contribution in [0.4, 0.5) is 0 Å². The number of hydrogen-bond donors (Lipinski definition) is 0. The lowest BCUT2D eigenvalue weighted by Gasteiger charge is -2.26. The minimum Gasteiger partial charge on any atom is -0.348 e. The van der Waals surface area contributed by atoms with Gasteiger partial charge in [0.1, 0.15) is 16.4 Å². The molecule has 0 amide bonds. The van der Waals surface area contributed by atoms with Crippen LogP contribution in [0.1, 0.15) is 36.2 Å². The molecule has 6 rings (SSSR count). The minimum absolute atomic E-state index is 0.225. The second-order valence-electron chi connectivity index (χ2n) is 8.02. The van der Waals surface area contributed by atoms with Gasteiger partial charge in [-0.3, -0.25) is 0 Å². The molecule has 0 N–H and O–H groups in total. The number of nitrogens with zero attached hydrogens (tertiary/aromatic N) is 2. The van der Waals surface area contributed by atoms with Crippen LogP contribution in [0.3, 0.4) is 0 Å². The molecule has 2 bridgehead atoms. The summed E-state index contributed by atoms with van der Waals surface area (Å²) in [6, 6.07) is 17.9. The quantitative estimate of drug-likeness (QED) is 0.423. The van der Waals surface area contributed by atoms with Gasteiger partial charge in [0.05, 0.1) is 16.1 Å². The van der Waals surface area contributed by atoms with Gasteiger partial charge in [-0.2, -0.15) is 0 Å². The lowest BCUT2D eigenvalue weighted by molar-refractivity contribution is -0.0530. The highest BCUT2D eigenvalue weighted by Crippen LogP contribution is 2.64. The van der Waals surface area contributed by atoms with Gasteiger partial charge in [0.15, 0.2) is 0 Å². The van der Waals surface area contributed by atoms with Crippen molar-refractivity contribution in [3.63, 3.8) is 0 Å². The summed E-state index contributed by atoms with van der Waals surface area (Å²) >= 11 is 6.51. The fraction of sp³-hybridized carbons (Fsp3) is 0.174. The van der Waals surface area contributed by atoms with Crippen LogP contribution >= 0.6 is 11.6 Å². The Morgan fingerprint density at radius 1 is 0.933 bits per heavy atom. The molecule has 30 heavy (non-hydrogen) atoms. The maximum absolute atomic E-state index is 13.8. The highest BCUT2D eigenvalue weighted by molar-refractivity contribution is 7.90. The predicted molar refractivity (Wildman–Crippen MR) is 114 cm³/mol. The Bertz CT molecular complexity index is 1480. The number of ether oxygens (including phenoxy) is 1. The lowest BCUT2D eigenvalue weighted by Crippen LogP contribution is -2.28. The molecule has 2 atom stereocenters. The van der Waals surface area contributed by atoms with E-state index in [2.05, 4.69) is 4.98 Å². The zero-order valence-corrected chi connectivity index (χ0v) is 17.8. The molecule has 0 aliphatic carbocycles. The maximum Gasteiger partial charge on any atom is 0.268 e. The molecular weight excluding hydrogens is 420 g/mol. The van der Waals surface area contributed by atoms with E-state index in [4.69, 9.17) is 16.3 Å². The summed E-state index contributed by atoms with van der Waals surface area (Å²) in [5.74, 6) is 0. The third-order valence-corrected chi connectivity index (χ3v) is 8.36. The summed E-state index contributed by atoms with van der Waals surface area (Å²) in [4.78, 5) is 4.47. The molecule has 2 aromatic heterocycles. The van der Waals surface area contributed by atoms with E-state index in [0.717, 1.165) is 22.1 Å². The first-order chi connectivity index (χ1) is 14.3. The van der Waals surface area contributed by atoms with Crippen molar-refractivity contribution in [1.82, 2.24) is 8.96 Å². The average Bonchev–Trinajstić information content (AvgIpc) is 3.30. The van der Waals surface area contributed by atoms with Crippen LogP contribution in [-0.2, 0) is 26.0 Å². The molecule has 5 nitrogen and oxygen atoms in total. The van der Waals surface area contributed by atoms with Crippen molar-refractivity contribution in [1.29, 1.82) is 0 Å². The summed E-state index contributed by atoms with van der Waals surface area (Å²) in [7, 11) is -3.88. The van der Waals surface area contributed by atoms with Crippen molar-refractivity contribution in [2.45, 2.75) is 29.9 Å².